The van der Waals surface area contributed by atoms with Gasteiger partial charge in [-0.15, -0.1) is 0 Å². The minimum atomic E-state index is -0.614. The smallest absolute Gasteiger partial charge is 0.242 e. The summed E-state index contributed by atoms with van der Waals surface area (Å²) in [6.07, 6.45) is 0.122. The second-order valence-electron chi connectivity index (χ2n) is 6.37. The molecular weight excluding hydrogens is 399 g/mol. The Morgan fingerprint density at radius 1 is 1.07 bits per heavy atom. The van der Waals surface area contributed by atoms with E-state index >= 15 is 0 Å². The highest BCUT2D eigenvalue weighted by Gasteiger charge is 2.26. The van der Waals surface area contributed by atoms with Gasteiger partial charge < -0.3 is 15.0 Å². The molecule has 5 nitrogen and oxygen atoms in total. The normalized spacial score (nSPS) is 11.6. The van der Waals surface area contributed by atoms with Crippen molar-refractivity contribution in [1.29, 1.82) is 0 Å². The van der Waals surface area contributed by atoms with E-state index in [2.05, 4.69) is 5.32 Å². The van der Waals surface area contributed by atoms with Gasteiger partial charge in [-0.2, -0.15) is 0 Å². The molecule has 150 valence electrons. The Kier molecular flexibility index (Phi) is 8.15. The van der Waals surface area contributed by atoms with Crippen molar-refractivity contribution >= 4 is 35.0 Å². The highest BCUT2D eigenvalue weighted by molar-refractivity contribution is 6.42. The molecule has 2 aromatic carbocycles. The first-order valence-electron chi connectivity index (χ1n) is 8.99. The van der Waals surface area contributed by atoms with Gasteiger partial charge in [0.05, 0.1) is 23.6 Å². The van der Waals surface area contributed by atoms with Crippen LogP contribution in [0.4, 0.5) is 0 Å². The molecule has 0 saturated carbocycles. The standard InChI is InChI=1S/C21H24Cl2N2O3/c1-4-24-21(27)14(2)25(13-15-5-8-17(28-3)9-6-15)20(26)12-16-7-10-18(22)19(23)11-16/h5-11,14H,4,12-13H2,1-3H3,(H,24,27)/t14-/m0/s1. The lowest BCUT2D eigenvalue weighted by Crippen LogP contribution is -2.48. The van der Waals surface area contributed by atoms with Gasteiger partial charge in [0, 0.05) is 13.1 Å². The van der Waals surface area contributed by atoms with Gasteiger partial charge in [0.1, 0.15) is 11.8 Å². The second kappa shape index (κ2) is 10.3. The maximum Gasteiger partial charge on any atom is 0.242 e. The fraction of sp³-hybridized carbons (Fsp3) is 0.333. The third-order valence-electron chi connectivity index (χ3n) is 4.37. The minimum Gasteiger partial charge on any atom is -0.497 e. The quantitative estimate of drug-likeness (QED) is 0.696. The Morgan fingerprint density at radius 2 is 1.71 bits per heavy atom. The first kappa shape index (κ1) is 22.1. The fourth-order valence-electron chi connectivity index (χ4n) is 2.76. The summed E-state index contributed by atoms with van der Waals surface area (Å²) in [5, 5.41) is 3.60. The summed E-state index contributed by atoms with van der Waals surface area (Å²) in [5.41, 5.74) is 1.64. The number of carbonyl (C=O) groups excluding carboxylic acids is 2. The molecule has 0 aliphatic heterocycles. The number of methoxy groups -OCH3 is 1. The van der Waals surface area contributed by atoms with Crippen molar-refractivity contribution in [2.75, 3.05) is 13.7 Å². The molecular formula is C21H24Cl2N2O3. The maximum atomic E-state index is 13.0. The molecule has 0 radical (unpaired) electrons. The van der Waals surface area contributed by atoms with Crippen LogP contribution < -0.4 is 10.1 Å². The Bertz CT molecular complexity index is 825. The van der Waals surface area contributed by atoms with Crippen LogP contribution >= 0.6 is 23.2 Å². The number of halogens is 2. The number of amides is 2. The summed E-state index contributed by atoms with van der Waals surface area (Å²) in [6.45, 7) is 4.38. The predicted octanol–water partition coefficient (Wildman–Crippen LogP) is 4.10. The van der Waals surface area contributed by atoms with Gasteiger partial charge in [-0.3, -0.25) is 9.59 Å². The molecule has 7 heteroatoms. The first-order chi connectivity index (χ1) is 13.3. The van der Waals surface area contributed by atoms with Crippen molar-refractivity contribution in [2.24, 2.45) is 0 Å². The number of ether oxygens (including phenoxy) is 1. The SMILES string of the molecule is CCNC(=O)[C@H](C)N(Cc1ccc(OC)cc1)C(=O)Cc1ccc(Cl)c(Cl)c1. The minimum absolute atomic E-state index is 0.122. The summed E-state index contributed by atoms with van der Waals surface area (Å²) in [6, 6.07) is 11.9. The van der Waals surface area contributed by atoms with Gasteiger partial charge in [-0.1, -0.05) is 41.4 Å². The van der Waals surface area contributed by atoms with Crippen molar-refractivity contribution in [1.82, 2.24) is 10.2 Å². The number of carbonyl (C=O) groups is 2. The van der Waals surface area contributed by atoms with Crippen LogP contribution in [0.2, 0.25) is 10.0 Å². The number of hydrogen-bond donors (Lipinski definition) is 1. The van der Waals surface area contributed by atoms with Crippen LogP contribution in [-0.4, -0.2) is 36.4 Å². The summed E-state index contributed by atoms with van der Waals surface area (Å²) in [7, 11) is 1.60. The zero-order valence-corrected chi connectivity index (χ0v) is 17.7. The number of nitrogens with one attached hydrogen (secondary N) is 1. The molecule has 0 aliphatic carbocycles. The number of nitrogens with zero attached hydrogens (tertiary/aromatic N) is 1. The van der Waals surface area contributed by atoms with Crippen LogP contribution in [0.25, 0.3) is 0 Å². The topological polar surface area (TPSA) is 58.6 Å². The van der Waals surface area contributed by atoms with E-state index in [1.807, 2.05) is 31.2 Å². The maximum absolute atomic E-state index is 13.0. The van der Waals surface area contributed by atoms with E-state index in [4.69, 9.17) is 27.9 Å². The Labute approximate surface area is 175 Å². The number of hydrogen-bond acceptors (Lipinski definition) is 3. The third-order valence-corrected chi connectivity index (χ3v) is 5.11. The highest BCUT2D eigenvalue weighted by Crippen LogP contribution is 2.23. The molecule has 0 bridgehead atoms. The predicted molar refractivity (Wildman–Crippen MR) is 112 cm³/mol. The zero-order chi connectivity index (χ0) is 20.7. The lowest BCUT2D eigenvalue weighted by Gasteiger charge is -2.29. The van der Waals surface area contributed by atoms with Gasteiger partial charge in [-0.05, 0) is 49.2 Å². The average Bonchev–Trinajstić information content (AvgIpc) is 2.69. The largest absolute Gasteiger partial charge is 0.497 e. The van der Waals surface area contributed by atoms with Crippen molar-refractivity contribution in [3.63, 3.8) is 0 Å². The Morgan fingerprint density at radius 3 is 2.29 bits per heavy atom. The van der Waals surface area contributed by atoms with E-state index in [0.717, 1.165) is 16.9 Å². The van der Waals surface area contributed by atoms with E-state index in [-0.39, 0.29) is 18.2 Å². The van der Waals surface area contributed by atoms with Crippen LogP contribution in [0, 0.1) is 0 Å². The number of benzene rings is 2. The molecule has 2 amide bonds. The number of rotatable bonds is 8. The van der Waals surface area contributed by atoms with Crippen LogP contribution in [0.5, 0.6) is 5.75 Å². The lowest BCUT2D eigenvalue weighted by molar-refractivity contribution is -0.140. The fourth-order valence-corrected chi connectivity index (χ4v) is 3.08. The van der Waals surface area contributed by atoms with Crippen LogP contribution in [0.15, 0.2) is 42.5 Å². The molecule has 1 atom stereocenters. The molecule has 1 N–H and O–H groups in total. The van der Waals surface area contributed by atoms with Crippen molar-refractivity contribution in [3.8, 4) is 5.75 Å². The van der Waals surface area contributed by atoms with E-state index in [1.165, 1.54) is 0 Å². The Hall–Kier alpha value is -2.24. The van der Waals surface area contributed by atoms with Gasteiger partial charge in [-0.25, -0.2) is 0 Å². The molecule has 28 heavy (non-hydrogen) atoms. The summed E-state index contributed by atoms with van der Waals surface area (Å²) in [4.78, 5) is 27.0. The summed E-state index contributed by atoms with van der Waals surface area (Å²) in [5.74, 6) is 0.362. The summed E-state index contributed by atoms with van der Waals surface area (Å²) < 4.78 is 5.17. The zero-order valence-electron chi connectivity index (χ0n) is 16.2. The summed E-state index contributed by atoms with van der Waals surface area (Å²) >= 11 is 12.0. The van der Waals surface area contributed by atoms with Crippen molar-refractivity contribution in [3.05, 3.63) is 63.6 Å². The molecule has 0 spiro atoms. The van der Waals surface area contributed by atoms with E-state index in [0.29, 0.717) is 23.1 Å². The second-order valence-corrected chi connectivity index (χ2v) is 7.18. The molecule has 0 unspecified atom stereocenters. The number of likely N-dealkylation sites (N-methyl/N-ethyl adjacent to an activating group) is 1. The monoisotopic (exact) mass is 422 g/mol. The van der Waals surface area contributed by atoms with Gasteiger partial charge in [0.2, 0.25) is 11.8 Å². The highest BCUT2D eigenvalue weighted by atomic mass is 35.5. The van der Waals surface area contributed by atoms with Crippen LogP contribution in [0.3, 0.4) is 0 Å². The lowest BCUT2D eigenvalue weighted by atomic mass is 10.1. The van der Waals surface area contributed by atoms with E-state index in [1.54, 1.807) is 37.1 Å². The van der Waals surface area contributed by atoms with Crippen LogP contribution in [-0.2, 0) is 22.6 Å². The average molecular weight is 423 g/mol. The van der Waals surface area contributed by atoms with Gasteiger partial charge in [0.25, 0.3) is 0 Å². The molecule has 2 aromatic rings. The van der Waals surface area contributed by atoms with Gasteiger partial charge >= 0.3 is 0 Å². The van der Waals surface area contributed by atoms with Crippen molar-refractivity contribution in [2.45, 2.75) is 32.9 Å². The molecule has 2 rings (SSSR count). The Balaban J connectivity index is 2.23. The molecule has 0 heterocycles. The van der Waals surface area contributed by atoms with E-state index in [9.17, 15) is 9.59 Å². The molecule has 0 saturated heterocycles. The molecule has 0 aliphatic rings. The first-order valence-corrected chi connectivity index (χ1v) is 9.75. The molecule has 0 fully saturated rings. The third kappa shape index (κ3) is 5.88. The molecule has 0 aromatic heterocycles. The van der Waals surface area contributed by atoms with E-state index < -0.39 is 6.04 Å². The van der Waals surface area contributed by atoms with Crippen molar-refractivity contribution < 1.29 is 14.3 Å². The van der Waals surface area contributed by atoms with Crippen LogP contribution in [0.1, 0.15) is 25.0 Å². The van der Waals surface area contributed by atoms with Gasteiger partial charge in [0.15, 0.2) is 0 Å².